The molecule has 1 aromatic carbocycles. The van der Waals surface area contributed by atoms with Crippen molar-refractivity contribution >= 4 is 6.03 Å². The Morgan fingerprint density at radius 1 is 1.43 bits per heavy atom. The molecule has 0 aliphatic heterocycles. The maximum atomic E-state index is 12.5. The highest BCUT2D eigenvalue weighted by atomic mass is 16.3. The molecular weight excluding hydrogens is 264 g/mol. The van der Waals surface area contributed by atoms with Crippen LogP contribution in [-0.2, 0) is 6.42 Å². The lowest BCUT2D eigenvalue weighted by atomic mass is 9.87. The van der Waals surface area contributed by atoms with Gasteiger partial charge in [-0.05, 0) is 36.3 Å². The van der Waals surface area contributed by atoms with E-state index < -0.39 is 0 Å². The topological polar surface area (TPSA) is 52.6 Å². The molecular formula is C17H26N2O2. The Bertz CT molecular complexity index is 474. The zero-order valence-electron chi connectivity index (χ0n) is 13.0. The van der Waals surface area contributed by atoms with Crippen LogP contribution in [0.25, 0.3) is 0 Å². The summed E-state index contributed by atoms with van der Waals surface area (Å²) < 4.78 is 0. The van der Waals surface area contributed by atoms with Crippen LogP contribution in [0.3, 0.4) is 0 Å². The number of urea groups is 1. The van der Waals surface area contributed by atoms with Gasteiger partial charge in [-0.15, -0.1) is 0 Å². The Kier molecular flexibility index (Phi) is 5.62. The summed E-state index contributed by atoms with van der Waals surface area (Å²) in [7, 11) is 0. The maximum Gasteiger partial charge on any atom is 0.318 e. The van der Waals surface area contributed by atoms with E-state index in [1.54, 1.807) is 4.90 Å². The largest absolute Gasteiger partial charge is 0.395 e. The fourth-order valence-corrected chi connectivity index (χ4v) is 2.95. The molecule has 21 heavy (non-hydrogen) atoms. The van der Waals surface area contributed by atoms with Crippen LogP contribution in [0.5, 0.6) is 0 Å². The quantitative estimate of drug-likeness (QED) is 0.876. The number of aliphatic hydroxyl groups is 1. The third kappa shape index (κ3) is 3.97. The highest BCUT2D eigenvalue weighted by Gasteiger charge is 2.28. The van der Waals surface area contributed by atoms with Crippen molar-refractivity contribution in [1.29, 1.82) is 0 Å². The average Bonchev–Trinajstić information content (AvgIpc) is 2.50. The first-order valence-corrected chi connectivity index (χ1v) is 7.86. The summed E-state index contributed by atoms with van der Waals surface area (Å²) in [6.45, 7) is 5.19. The van der Waals surface area contributed by atoms with Crippen LogP contribution in [0.15, 0.2) is 24.3 Å². The second-order valence-electron chi connectivity index (χ2n) is 6.10. The second kappa shape index (κ2) is 7.46. The lowest BCUT2D eigenvalue weighted by Gasteiger charge is -2.35. The first-order valence-electron chi connectivity index (χ1n) is 7.86. The third-order valence-corrected chi connectivity index (χ3v) is 3.98. The van der Waals surface area contributed by atoms with Gasteiger partial charge in [-0.2, -0.15) is 0 Å². The number of fused-ring (bicyclic) bond motifs is 1. The first kappa shape index (κ1) is 15.8. The van der Waals surface area contributed by atoms with Crippen molar-refractivity contribution in [2.24, 2.45) is 5.92 Å². The van der Waals surface area contributed by atoms with Gasteiger partial charge in [-0.3, -0.25) is 0 Å². The summed E-state index contributed by atoms with van der Waals surface area (Å²) >= 11 is 0. The molecule has 2 N–H and O–H groups in total. The molecule has 4 heteroatoms. The van der Waals surface area contributed by atoms with Gasteiger partial charge in [0, 0.05) is 13.1 Å². The molecule has 2 rings (SSSR count). The van der Waals surface area contributed by atoms with Crippen molar-refractivity contribution in [3.05, 3.63) is 35.4 Å². The van der Waals surface area contributed by atoms with Crippen molar-refractivity contribution in [2.45, 2.75) is 39.2 Å². The average molecular weight is 290 g/mol. The highest BCUT2D eigenvalue weighted by Crippen LogP contribution is 2.34. The highest BCUT2D eigenvalue weighted by molar-refractivity contribution is 5.75. The molecule has 0 saturated carbocycles. The third-order valence-electron chi connectivity index (χ3n) is 3.98. The molecule has 0 saturated heterocycles. The minimum absolute atomic E-state index is 0.00619. The summed E-state index contributed by atoms with van der Waals surface area (Å²) in [5, 5.41) is 12.3. The van der Waals surface area contributed by atoms with Crippen molar-refractivity contribution in [1.82, 2.24) is 10.2 Å². The summed E-state index contributed by atoms with van der Waals surface area (Å²) in [6, 6.07) is 8.34. The molecule has 4 nitrogen and oxygen atoms in total. The van der Waals surface area contributed by atoms with E-state index in [-0.39, 0.29) is 18.7 Å². The van der Waals surface area contributed by atoms with Gasteiger partial charge >= 0.3 is 6.03 Å². The maximum absolute atomic E-state index is 12.5. The number of amides is 2. The predicted octanol–water partition coefficient (Wildman–Crippen LogP) is 2.72. The molecule has 1 atom stereocenters. The van der Waals surface area contributed by atoms with Gasteiger partial charge in [-0.1, -0.05) is 38.1 Å². The van der Waals surface area contributed by atoms with Crippen LogP contribution in [0.2, 0.25) is 0 Å². The number of carbonyl (C=O) groups excluding carboxylic acids is 1. The molecule has 0 fully saturated rings. The monoisotopic (exact) mass is 290 g/mol. The number of nitrogens with zero attached hydrogens (tertiary/aromatic N) is 1. The van der Waals surface area contributed by atoms with E-state index >= 15 is 0 Å². The van der Waals surface area contributed by atoms with E-state index in [1.807, 2.05) is 6.07 Å². The summed E-state index contributed by atoms with van der Waals surface area (Å²) in [4.78, 5) is 14.2. The lowest BCUT2D eigenvalue weighted by molar-refractivity contribution is 0.143. The van der Waals surface area contributed by atoms with Crippen LogP contribution < -0.4 is 5.32 Å². The lowest BCUT2D eigenvalue weighted by Crippen LogP contribution is -2.45. The zero-order chi connectivity index (χ0) is 15.2. The SMILES string of the molecule is CC(C)CNC(=O)N(CCO)C1CCCc2ccccc21. The van der Waals surface area contributed by atoms with Crippen LogP contribution in [-0.4, -0.2) is 35.7 Å². The van der Waals surface area contributed by atoms with E-state index in [0.717, 1.165) is 19.3 Å². The Hall–Kier alpha value is -1.55. The fourth-order valence-electron chi connectivity index (χ4n) is 2.95. The van der Waals surface area contributed by atoms with Gasteiger partial charge < -0.3 is 15.3 Å². The van der Waals surface area contributed by atoms with Crippen molar-refractivity contribution < 1.29 is 9.90 Å². The van der Waals surface area contributed by atoms with Crippen molar-refractivity contribution in [2.75, 3.05) is 19.7 Å². The standard InChI is InChI=1S/C17H26N2O2/c1-13(2)12-18-17(21)19(10-11-20)16-9-5-7-14-6-3-4-8-15(14)16/h3-4,6,8,13,16,20H,5,7,9-12H2,1-2H3,(H,18,21). The zero-order valence-corrected chi connectivity index (χ0v) is 13.0. The van der Waals surface area contributed by atoms with Crippen LogP contribution >= 0.6 is 0 Å². The van der Waals surface area contributed by atoms with Gasteiger partial charge in [0.1, 0.15) is 0 Å². The number of aryl methyl sites for hydroxylation is 1. The van der Waals surface area contributed by atoms with Gasteiger partial charge in [-0.25, -0.2) is 4.79 Å². The van der Waals surface area contributed by atoms with Crippen molar-refractivity contribution in [3.63, 3.8) is 0 Å². The van der Waals surface area contributed by atoms with Gasteiger partial charge in [0.15, 0.2) is 0 Å². The number of hydrogen-bond acceptors (Lipinski definition) is 2. The molecule has 0 radical (unpaired) electrons. The molecule has 0 aromatic heterocycles. The molecule has 116 valence electrons. The fraction of sp³-hybridized carbons (Fsp3) is 0.588. The molecule has 0 heterocycles. The number of rotatable bonds is 5. The van der Waals surface area contributed by atoms with Gasteiger partial charge in [0.05, 0.1) is 12.6 Å². The number of aliphatic hydroxyl groups excluding tert-OH is 1. The minimum Gasteiger partial charge on any atom is -0.395 e. The van der Waals surface area contributed by atoms with Crippen LogP contribution in [0.4, 0.5) is 4.79 Å². The Morgan fingerprint density at radius 2 is 2.19 bits per heavy atom. The molecule has 0 spiro atoms. The Labute approximate surface area is 127 Å². The van der Waals surface area contributed by atoms with E-state index in [1.165, 1.54) is 11.1 Å². The van der Waals surface area contributed by atoms with E-state index in [4.69, 9.17) is 0 Å². The van der Waals surface area contributed by atoms with Crippen molar-refractivity contribution in [3.8, 4) is 0 Å². The molecule has 2 amide bonds. The molecule has 1 unspecified atom stereocenters. The predicted molar refractivity (Wildman–Crippen MR) is 84.1 cm³/mol. The van der Waals surface area contributed by atoms with E-state index in [9.17, 15) is 9.90 Å². The minimum atomic E-state index is -0.0700. The molecule has 0 bridgehead atoms. The normalized spacial score (nSPS) is 17.4. The number of hydrogen-bond donors (Lipinski definition) is 2. The molecule has 1 aromatic rings. The Balaban J connectivity index is 2.17. The van der Waals surface area contributed by atoms with Crippen LogP contribution in [0.1, 0.15) is 43.9 Å². The van der Waals surface area contributed by atoms with E-state index in [0.29, 0.717) is 19.0 Å². The summed E-state index contributed by atoms with van der Waals surface area (Å²) in [5.41, 5.74) is 2.56. The molecule has 1 aliphatic carbocycles. The second-order valence-corrected chi connectivity index (χ2v) is 6.10. The summed E-state index contributed by atoms with van der Waals surface area (Å²) in [6.07, 6.45) is 3.13. The number of benzene rings is 1. The number of nitrogens with one attached hydrogen (secondary N) is 1. The number of carbonyl (C=O) groups is 1. The smallest absolute Gasteiger partial charge is 0.318 e. The van der Waals surface area contributed by atoms with Crippen LogP contribution in [0, 0.1) is 5.92 Å². The van der Waals surface area contributed by atoms with Gasteiger partial charge in [0.25, 0.3) is 0 Å². The van der Waals surface area contributed by atoms with E-state index in [2.05, 4.69) is 37.4 Å². The Morgan fingerprint density at radius 3 is 2.90 bits per heavy atom. The molecule has 1 aliphatic rings. The van der Waals surface area contributed by atoms with Gasteiger partial charge in [0.2, 0.25) is 0 Å². The first-order chi connectivity index (χ1) is 10.1. The summed E-state index contributed by atoms with van der Waals surface area (Å²) in [5.74, 6) is 0.420.